The monoisotopic (exact) mass is 116 g/mol. The average Bonchev–Trinajstić information content (AvgIpc) is 1.69. The van der Waals surface area contributed by atoms with Gasteiger partial charge in [0.2, 0.25) is 0 Å². The van der Waals surface area contributed by atoms with E-state index in [9.17, 15) is 0 Å². The molecule has 40 valence electrons. The lowest BCUT2D eigenvalue weighted by atomic mass is 11.1. The van der Waals surface area contributed by atoms with Crippen molar-refractivity contribution >= 4 is 17.5 Å². The van der Waals surface area contributed by atoms with Crippen molar-refractivity contribution in [1.82, 2.24) is 4.72 Å². The van der Waals surface area contributed by atoms with Gasteiger partial charge in [0.1, 0.15) is 0 Å². The molecule has 2 nitrogen and oxygen atoms in total. The maximum atomic E-state index is 3.70. The highest BCUT2D eigenvalue weighted by Gasteiger charge is 1.64. The van der Waals surface area contributed by atoms with Crippen LogP contribution in [0.2, 0.25) is 0 Å². The van der Waals surface area contributed by atoms with Gasteiger partial charge in [-0.1, -0.05) is 6.58 Å². The molecule has 0 fully saturated rings. The summed E-state index contributed by atoms with van der Waals surface area (Å²) in [6, 6.07) is 0. The van der Waals surface area contributed by atoms with Gasteiger partial charge in [0, 0.05) is 6.20 Å². The molecule has 0 saturated carbocycles. The van der Waals surface area contributed by atoms with Crippen molar-refractivity contribution < 1.29 is 0 Å². The normalized spacial score (nSPS) is 9.86. The van der Waals surface area contributed by atoms with Crippen LogP contribution in [0, 0.1) is 0 Å². The van der Waals surface area contributed by atoms with E-state index in [4.69, 9.17) is 0 Å². The van der Waals surface area contributed by atoms with Crippen LogP contribution in [0.15, 0.2) is 17.8 Å². The first-order valence-corrected chi connectivity index (χ1v) is 2.74. The van der Waals surface area contributed by atoms with Gasteiger partial charge in [-0.15, -0.1) is 0 Å². The van der Waals surface area contributed by atoms with Crippen LogP contribution >= 0.6 is 11.9 Å². The quantitative estimate of drug-likeness (QED) is 0.338. The number of nitrogens with one attached hydrogen (secondary N) is 1. The molecule has 0 radical (unpaired) electrons. The van der Waals surface area contributed by atoms with Crippen molar-refractivity contribution in [2.75, 3.05) is 7.05 Å². The molecule has 0 aromatic carbocycles. The van der Waals surface area contributed by atoms with Crippen molar-refractivity contribution in [2.24, 2.45) is 4.99 Å². The zero-order valence-corrected chi connectivity index (χ0v) is 5.03. The topological polar surface area (TPSA) is 24.4 Å². The van der Waals surface area contributed by atoms with E-state index in [1.54, 1.807) is 5.55 Å². The standard InChI is InChI=1S/C4H8N2S/c1-3-6-4-7-5-2/h3-5H,1H2,2H3. The third-order valence-corrected chi connectivity index (χ3v) is 0.800. The van der Waals surface area contributed by atoms with Gasteiger partial charge < -0.3 is 0 Å². The summed E-state index contributed by atoms with van der Waals surface area (Å²) >= 11 is 1.42. The SMILES string of the molecule is C=CN=CSNC. The van der Waals surface area contributed by atoms with E-state index in [0.717, 1.165) is 0 Å². The third-order valence-electron chi connectivity index (χ3n) is 0.337. The number of nitrogens with zero attached hydrogens (tertiary/aromatic N) is 1. The lowest BCUT2D eigenvalue weighted by Gasteiger charge is -1.80. The Labute approximate surface area is 47.8 Å². The highest BCUT2D eigenvalue weighted by atomic mass is 32.2. The summed E-state index contributed by atoms with van der Waals surface area (Å²) in [7, 11) is 1.83. The van der Waals surface area contributed by atoms with Crippen molar-refractivity contribution in [3.8, 4) is 0 Å². The highest BCUT2D eigenvalue weighted by Crippen LogP contribution is 1.81. The summed E-state index contributed by atoms with van der Waals surface area (Å²) < 4.78 is 2.82. The number of aliphatic imine (C=N–C) groups is 1. The average molecular weight is 116 g/mol. The molecule has 0 aliphatic rings. The number of hydrogen-bond donors (Lipinski definition) is 1. The highest BCUT2D eigenvalue weighted by molar-refractivity contribution is 8.10. The zero-order valence-electron chi connectivity index (χ0n) is 4.22. The van der Waals surface area contributed by atoms with Crippen LogP contribution in [0.5, 0.6) is 0 Å². The van der Waals surface area contributed by atoms with Crippen molar-refractivity contribution in [3.05, 3.63) is 12.8 Å². The van der Waals surface area contributed by atoms with E-state index in [1.807, 2.05) is 7.05 Å². The molecule has 0 bridgehead atoms. The Kier molecular flexibility index (Phi) is 5.49. The predicted octanol–water partition coefficient (Wildman–Crippen LogP) is 1.03. The van der Waals surface area contributed by atoms with Gasteiger partial charge in [0.15, 0.2) is 0 Å². The molecule has 0 spiro atoms. The summed E-state index contributed by atoms with van der Waals surface area (Å²) in [5.74, 6) is 0. The van der Waals surface area contributed by atoms with Crippen LogP contribution in [0.1, 0.15) is 0 Å². The van der Waals surface area contributed by atoms with Gasteiger partial charge >= 0.3 is 0 Å². The fourth-order valence-electron chi connectivity index (χ4n) is 0.126. The minimum Gasteiger partial charge on any atom is -0.262 e. The van der Waals surface area contributed by atoms with Gasteiger partial charge in [0.25, 0.3) is 0 Å². The van der Waals surface area contributed by atoms with Crippen LogP contribution in [0.4, 0.5) is 0 Å². The fraction of sp³-hybridized carbons (Fsp3) is 0.250. The second kappa shape index (κ2) is 5.72. The van der Waals surface area contributed by atoms with Crippen LogP contribution in [-0.2, 0) is 0 Å². The molecule has 0 aromatic heterocycles. The first-order chi connectivity index (χ1) is 3.41. The summed E-state index contributed by atoms with van der Waals surface area (Å²) in [4.78, 5) is 3.70. The molecule has 7 heavy (non-hydrogen) atoms. The Balaban J connectivity index is 2.92. The van der Waals surface area contributed by atoms with Crippen molar-refractivity contribution in [3.63, 3.8) is 0 Å². The molecular weight excluding hydrogens is 108 g/mol. The van der Waals surface area contributed by atoms with Crippen molar-refractivity contribution in [1.29, 1.82) is 0 Å². The minimum atomic E-state index is 1.42. The molecule has 0 aliphatic heterocycles. The molecule has 0 saturated heterocycles. The van der Waals surface area contributed by atoms with E-state index in [2.05, 4.69) is 16.3 Å². The van der Waals surface area contributed by atoms with Crippen LogP contribution in [-0.4, -0.2) is 12.6 Å². The van der Waals surface area contributed by atoms with Gasteiger partial charge in [0.05, 0.1) is 5.55 Å². The molecule has 0 heterocycles. The summed E-state index contributed by atoms with van der Waals surface area (Å²) in [6.45, 7) is 3.39. The molecular formula is C4H8N2S. The first kappa shape index (κ1) is 6.72. The van der Waals surface area contributed by atoms with Crippen LogP contribution in [0.3, 0.4) is 0 Å². The summed E-state index contributed by atoms with van der Waals surface area (Å²) in [6.07, 6.45) is 1.49. The first-order valence-electron chi connectivity index (χ1n) is 1.86. The third kappa shape index (κ3) is 5.72. The smallest absolute Gasteiger partial charge is 0.0748 e. The Bertz CT molecular complexity index is 70.1. The second-order valence-corrected chi connectivity index (χ2v) is 1.61. The zero-order chi connectivity index (χ0) is 5.54. The summed E-state index contributed by atoms with van der Waals surface area (Å²) in [5.41, 5.74) is 1.67. The molecule has 0 aromatic rings. The van der Waals surface area contributed by atoms with Crippen molar-refractivity contribution in [2.45, 2.75) is 0 Å². The molecule has 0 amide bonds. The molecule has 1 N–H and O–H groups in total. The molecule has 3 heteroatoms. The Hall–Kier alpha value is -0.280. The van der Waals surface area contributed by atoms with Gasteiger partial charge in [-0.3, -0.25) is 9.71 Å². The van der Waals surface area contributed by atoms with Gasteiger partial charge in [-0.2, -0.15) is 0 Å². The number of hydrogen-bond acceptors (Lipinski definition) is 3. The molecule has 0 rings (SSSR count). The second-order valence-electron chi connectivity index (χ2n) is 0.759. The Morgan fingerprint density at radius 1 is 1.86 bits per heavy atom. The summed E-state index contributed by atoms with van der Waals surface area (Å²) in [5, 5.41) is 0. The largest absolute Gasteiger partial charge is 0.262 e. The maximum absolute atomic E-state index is 3.70. The van der Waals surface area contributed by atoms with Gasteiger partial charge in [-0.05, 0) is 19.0 Å². The van der Waals surface area contributed by atoms with Crippen LogP contribution in [0.25, 0.3) is 0 Å². The van der Waals surface area contributed by atoms with E-state index in [-0.39, 0.29) is 0 Å². The number of rotatable bonds is 3. The lowest BCUT2D eigenvalue weighted by molar-refractivity contribution is 1.31. The Morgan fingerprint density at radius 3 is 3.00 bits per heavy atom. The molecule has 0 aliphatic carbocycles. The van der Waals surface area contributed by atoms with Crippen LogP contribution < -0.4 is 4.72 Å². The maximum Gasteiger partial charge on any atom is 0.0748 e. The molecule has 0 unspecified atom stereocenters. The fourth-order valence-corrected chi connectivity index (χ4v) is 0.379. The lowest BCUT2D eigenvalue weighted by Crippen LogP contribution is -1.88. The van der Waals surface area contributed by atoms with E-state index >= 15 is 0 Å². The van der Waals surface area contributed by atoms with Gasteiger partial charge in [-0.25, -0.2) is 0 Å². The van der Waals surface area contributed by atoms with E-state index in [1.165, 1.54) is 18.1 Å². The van der Waals surface area contributed by atoms with E-state index in [0.29, 0.717) is 0 Å². The minimum absolute atomic E-state index is 1.42. The van der Waals surface area contributed by atoms with E-state index < -0.39 is 0 Å². The predicted molar refractivity (Wildman–Crippen MR) is 35.3 cm³/mol. The molecule has 0 atom stereocenters. The Morgan fingerprint density at radius 2 is 2.57 bits per heavy atom.